The van der Waals surface area contributed by atoms with Gasteiger partial charge in [0, 0.05) is 57.3 Å². The fourth-order valence-electron chi connectivity index (χ4n) is 9.31. The zero-order valence-electron chi connectivity index (χ0n) is 37.7. The van der Waals surface area contributed by atoms with Crippen LogP contribution in [-0.2, 0) is 25.7 Å². The number of carbonyl (C=O) groups is 6. The van der Waals surface area contributed by atoms with Gasteiger partial charge < -0.3 is 25.5 Å². The Hall–Kier alpha value is -7.83. The van der Waals surface area contributed by atoms with Crippen molar-refractivity contribution < 1.29 is 42.7 Å². The minimum Gasteiger partial charge on any atom is -0.507 e. The number of carbonyl (C=O) groups excluding carboxylic acids is 6. The summed E-state index contributed by atoms with van der Waals surface area (Å²) in [6.45, 7) is 10.4. The van der Waals surface area contributed by atoms with Crippen LogP contribution in [0.3, 0.4) is 0 Å². The van der Waals surface area contributed by atoms with Crippen LogP contribution in [-0.4, -0.2) is 103 Å². The van der Waals surface area contributed by atoms with Gasteiger partial charge in [0.25, 0.3) is 11.8 Å². The molecule has 5 heterocycles. The molecule has 2 fully saturated rings. The van der Waals surface area contributed by atoms with Gasteiger partial charge in [-0.15, -0.1) is 0 Å². The van der Waals surface area contributed by atoms with Crippen LogP contribution in [0.1, 0.15) is 82.9 Å². The molecular weight excluding hydrogens is 881 g/mol. The molecular formula is C49H49F2N9O8. The van der Waals surface area contributed by atoms with E-state index in [1.54, 1.807) is 47.9 Å². The third-order valence-corrected chi connectivity index (χ3v) is 12.5. The van der Waals surface area contributed by atoms with E-state index in [-0.39, 0.29) is 91.3 Å². The number of hydrogen-bond donors (Lipinski definition) is 4. The molecule has 68 heavy (non-hydrogen) atoms. The van der Waals surface area contributed by atoms with E-state index >= 15 is 8.78 Å². The first-order chi connectivity index (χ1) is 32.6. The summed E-state index contributed by atoms with van der Waals surface area (Å²) in [4.78, 5) is 104. The molecule has 4 N–H and O–H groups in total. The van der Waals surface area contributed by atoms with Crippen molar-refractivity contribution in [3.05, 3.63) is 117 Å². The molecule has 0 spiro atoms. The number of hydrogen-bond acceptors (Lipinski definition) is 12. The molecule has 352 valence electrons. The van der Waals surface area contributed by atoms with E-state index in [1.807, 2.05) is 6.92 Å². The normalized spacial score (nSPS) is 17.1. The second kappa shape index (κ2) is 19.2. The molecule has 0 bridgehead atoms. The molecule has 3 aliphatic rings. The van der Waals surface area contributed by atoms with E-state index in [0.717, 1.165) is 22.6 Å². The lowest BCUT2D eigenvalue weighted by atomic mass is 10.0. The summed E-state index contributed by atoms with van der Waals surface area (Å²) in [5.41, 5.74) is 1.38. The first-order valence-electron chi connectivity index (χ1n) is 22.3. The molecule has 17 nitrogen and oxygen atoms in total. The van der Waals surface area contributed by atoms with Crippen LogP contribution < -0.4 is 26.5 Å². The van der Waals surface area contributed by atoms with Crippen molar-refractivity contribution in [2.75, 3.05) is 36.4 Å². The Balaban J connectivity index is 0.939. The van der Waals surface area contributed by atoms with E-state index in [0.29, 0.717) is 48.3 Å². The van der Waals surface area contributed by atoms with E-state index < -0.39 is 64.0 Å². The summed E-state index contributed by atoms with van der Waals surface area (Å²) in [6, 6.07) is 11.7. The molecule has 2 aromatic heterocycles. The van der Waals surface area contributed by atoms with Crippen molar-refractivity contribution in [2.24, 2.45) is 0 Å². The van der Waals surface area contributed by atoms with Crippen LogP contribution in [0.5, 0.6) is 5.75 Å². The highest BCUT2D eigenvalue weighted by atomic mass is 19.1. The highest BCUT2D eigenvalue weighted by Crippen LogP contribution is 2.37. The number of unbranched alkanes of at least 4 members (excludes halogenated alkanes) is 2. The lowest BCUT2D eigenvalue weighted by Gasteiger charge is -2.40. The maximum absolute atomic E-state index is 16.1. The Bertz CT molecular complexity index is 2970. The van der Waals surface area contributed by atoms with Crippen LogP contribution in [0.25, 0.3) is 28.0 Å². The fraction of sp³-hybridized carbons (Fsp3) is 0.327. The number of nitrogens with one attached hydrogen (secondary N) is 3. The standard InChI is InChI=1S/C49H49F2N9O8/c1-5-39(64)57-19-20-58(28(4)25-57)44-31-23-33(51)42(41-32(50)12-10-14-36(41)61)55-45(31)60(49(68)56-44)43-26(2)21-29(22-27(43)3)24-53-37(62)15-7-6-8-18-52-34-13-9-11-30-40(34)48(67)59(47(30)66)35-16-17-38(63)54-46(35)65/h5,9-14,21-23,28,35,52,61H,1,6-8,15-20,24-25H2,2-4H3,(H,53,62)(H,54,63,65)/t28-,35?/m0/s1. The topological polar surface area (TPSA) is 216 Å². The van der Waals surface area contributed by atoms with Crippen molar-refractivity contribution in [2.45, 2.75) is 77.9 Å². The number of pyridine rings is 1. The Morgan fingerprint density at radius 2 is 1.68 bits per heavy atom. The minimum absolute atomic E-state index is 0.0250. The molecule has 0 aliphatic carbocycles. The van der Waals surface area contributed by atoms with Crippen molar-refractivity contribution in [3.63, 3.8) is 0 Å². The van der Waals surface area contributed by atoms with Gasteiger partial charge in [-0.2, -0.15) is 4.98 Å². The van der Waals surface area contributed by atoms with Gasteiger partial charge in [0.2, 0.25) is 23.6 Å². The van der Waals surface area contributed by atoms with E-state index in [9.17, 15) is 38.7 Å². The van der Waals surface area contributed by atoms with Gasteiger partial charge in [0.1, 0.15) is 29.1 Å². The number of phenols is 1. The molecule has 6 amide bonds. The zero-order valence-corrected chi connectivity index (χ0v) is 37.7. The summed E-state index contributed by atoms with van der Waals surface area (Å²) in [6.07, 6.45) is 3.44. The maximum Gasteiger partial charge on any atom is 0.355 e. The smallest absolute Gasteiger partial charge is 0.355 e. The molecule has 19 heteroatoms. The number of nitrogens with zero attached hydrogens (tertiary/aromatic N) is 6. The summed E-state index contributed by atoms with van der Waals surface area (Å²) < 4.78 is 32.6. The van der Waals surface area contributed by atoms with Crippen LogP contribution in [0.15, 0.2) is 72.0 Å². The first-order valence-corrected chi connectivity index (χ1v) is 22.3. The van der Waals surface area contributed by atoms with Crippen LogP contribution >= 0.6 is 0 Å². The first kappa shape index (κ1) is 46.7. The third-order valence-electron chi connectivity index (χ3n) is 12.5. The van der Waals surface area contributed by atoms with Gasteiger partial charge in [-0.1, -0.05) is 37.3 Å². The average Bonchev–Trinajstić information content (AvgIpc) is 3.55. The third kappa shape index (κ3) is 8.90. The van der Waals surface area contributed by atoms with Crippen LogP contribution in [0, 0.1) is 25.5 Å². The lowest BCUT2D eigenvalue weighted by Crippen LogP contribution is -2.54. The van der Waals surface area contributed by atoms with Gasteiger partial charge in [-0.25, -0.2) is 23.1 Å². The van der Waals surface area contributed by atoms with Crippen molar-refractivity contribution >= 4 is 58.0 Å². The van der Waals surface area contributed by atoms with Gasteiger partial charge in [0.15, 0.2) is 11.5 Å². The number of piperazine rings is 1. The number of aromatic hydroxyl groups is 1. The molecule has 2 atom stereocenters. The van der Waals surface area contributed by atoms with Gasteiger partial charge in [0.05, 0.1) is 27.8 Å². The number of rotatable bonds is 14. The van der Waals surface area contributed by atoms with E-state index in [2.05, 4.69) is 32.5 Å². The maximum atomic E-state index is 16.1. The number of amides is 6. The number of imide groups is 2. The number of halogens is 2. The molecule has 0 saturated carbocycles. The Labute approximate surface area is 388 Å². The second-order valence-corrected chi connectivity index (χ2v) is 17.2. The predicted molar refractivity (Wildman–Crippen MR) is 247 cm³/mol. The Kier molecular flexibility index (Phi) is 13.2. The molecule has 8 rings (SSSR count). The number of piperidine rings is 1. The predicted octanol–water partition coefficient (Wildman–Crippen LogP) is 4.96. The SMILES string of the molecule is C=CC(=O)N1CCN(c2nc(=O)n(-c3c(C)cc(CNC(=O)CCCCCNc4cccc5c4C(=O)N(C4CCC(=O)NC4=O)C5=O)cc3C)c3nc(-c4c(O)cccc4F)c(F)cc23)[C@@H](C)C1. The average molecular weight is 930 g/mol. The Morgan fingerprint density at radius 1 is 0.926 bits per heavy atom. The largest absolute Gasteiger partial charge is 0.507 e. The summed E-state index contributed by atoms with van der Waals surface area (Å²) >= 11 is 0. The monoisotopic (exact) mass is 929 g/mol. The molecule has 3 aliphatic heterocycles. The molecule has 5 aromatic rings. The summed E-state index contributed by atoms with van der Waals surface area (Å²) in [5.74, 6) is -5.03. The van der Waals surface area contributed by atoms with Crippen LogP contribution in [0.4, 0.5) is 20.3 Å². The number of phenolic OH excluding ortho intramolecular Hbond substituents is 1. The summed E-state index contributed by atoms with van der Waals surface area (Å²) in [5, 5.41) is 19.1. The fourth-order valence-corrected chi connectivity index (χ4v) is 9.31. The minimum atomic E-state index is -1.06. The second-order valence-electron chi connectivity index (χ2n) is 17.2. The molecule has 2 saturated heterocycles. The highest BCUT2D eigenvalue weighted by Gasteiger charge is 2.45. The van der Waals surface area contributed by atoms with Crippen LogP contribution in [0.2, 0.25) is 0 Å². The molecule has 0 radical (unpaired) electrons. The lowest BCUT2D eigenvalue weighted by molar-refractivity contribution is -0.136. The van der Waals surface area contributed by atoms with Crippen molar-refractivity contribution in [1.29, 1.82) is 0 Å². The quantitative estimate of drug-likeness (QED) is 0.0661. The molecule has 1 unspecified atom stereocenters. The van der Waals surface area contributed by atoms with Gasteiger partial charge in [-0.05, 0) is 93.1 Å². The number of anilines is 2. The summed E-state index contributed by atoms with van der Waals surface area (Å²) in [7, 11) is 0. The van der Waals surface area contributed by atoms with Crippen molar-refractivity contribution in [3.8, 4) is 22.7 Å². The number of benzene rings is 3. The van der Waals surface area contributed by atoms with E-state index in [4.69, 9.17) is 0 Å². The molecule has 3 aromatic carbocycles. The zero-order chi connectivity index (χ0) is 48.6. The highest BCUT2D eigenvalue weighted by molar-refractivity contribution is 6.25. The number of aryl methyl sites for hydroxylation is 2. The van der Waals surface area contributed by atoms with Gasteiger partial charge >= 0.3 is 5.69 Å². The number of aromatic nitrogens is 3. The number of fused-ring (bicyclic) bond motifs is 2. The van der Waals surface area contributed by atoms with Gasteiger partial charge in [-0.3, -0.25) is 39.0 Å². The Morgan fingerprint density at radius 3 is 2.38 bits per heavy atom. The van der Waals surface area contributed by atoms with Crippen molar-refractivity contribution in [1.82, 2.24) is 35.0 Å². The van der Waals surface area contributed by atoms with E-state index in [1.165, 1.54) is 28.8 Å².